The van der Waals surface area contributed by atoms with Crippen LogP contribution in [0.4, 0.5) is 0 Å². The van der Waals surface area contributed by atoms with E-state index in [9.17, 15) is 19.8 Å². The van der Waals surface area contributed by atoms with Gasteiger partial charge >= 0.3 is 0 Å². The van der Waals surface area contributed by atoms with Crippen LogP contribution >= 0.6 is 0 Å². The molecule has 5 heteroatoms. The van der Waals surface area contributed by atoms with E-state index in [0.717, 1.165) is 30.2 Å². The van der Waals surface area contributed by atoms with E-state index in [2.05, 4.69) is 0 Å². The van der Waals surface area contributed by atoms with Gasteiger partial charge in [0.2, 0.25) is 0 Å². The molecule has 3 N–H and O–H groups in total. The van der Waals surface area contributed by atoms with Crippen molar-refractivity contribution in [3.63, 3.8) is 0 Å². The molecule has 0 aromatic heterocycles. The molecule has 1 unspecified atom stereocenters. The van der Waals surface area contributed by atoms with Crippen molar-refractivity contribution in [3.05, 3.63) is 58.1 Å². The van der Waals surface area contributed by atoms with Gasteiger partial charge < -0.3 is 15.3 Å². The summed E-state index contributed by atoms with van der Waals surface area (Å²) in [7, 11) is 1.00. The molecule has 136 valence electrons. The molecule has 5 nitrogen and oxygen atoms in total. The van der Waals surface area contributed by atoms with Crippen LogP contribution in [0.3, 0.4) is 0 Å². The molecule has 0 fully saturated rings. The molecule has 1 atom stereocenters. The Morgan fingerprint density at radius 1 is 0.808 bits per heavy atom. The van der Waals surface area contributed by atoms with E-state index in [1.54, 1.807) is 18.2 Å². The van der Waals surface area contributed by atoms with Gasteiger partial charge in [-0.15, -0.1) is 0 Å². The lowest BCUT2D eigenvalue weighted by Crippen LogP contribution is -2.21. The van der Waals surface area contributed by atoms with Crippen molar-refractivity contribution in [2.45, 2.75) is 38.0 Å². The van der Waals surface area contributed by atoms with Crippen molar-refractivity contribution in [3.8, 4) is 11.5 Å². The van der Waals surface area contributed by atoms with E-state index in [0.29, 0.717) is 36.8 Å². The third-order valence-corrected chi connectivity index (χ3v) is 5.19. The maximum Gasteiger partial charge on any atom is 0.166 e. The molecule has 2 aliphatic rings. The minimum Gasteiger partial charge on any atom is -0.508 e. The molecule has 4 rings (SSSR count). The van der Waals surface area contributed by atoms with Gasteiger partial charge in [0.15, 0.2) is 11.6 Å². The summed E-state index contributed by atoms with van der Waals surface area (Å²) in [6, 6.07) is 8.55. The summed E-state index contributed by atoms with van der Waals surface area (Å²) in [6.07, 6.45) is 2.89. The highest BCUT2D eigenvalue weighted by atomic mass is 16.3. The molecule has 0 spiro atoms. The zero-order valence-corrected chi connectivity index (χ0v) is 14.7. The Hall–Kier alpha value is -2.66. The van der Waals surface area contributed by atoms with E-state index in [1.807, 2.05) is 6.07 Å². The molecule has 0 amide bonds. The van der Waals surface area contributed by atoms with E-state index >= 15 is 0 Å². The average Bonchev–Trinajstić information content (AvgIpc) is 2.65. The first-order valence-corrected chi connectivity index (χ1v) is 8.75. The van der Waals surface area contributed by atoms with Gasteiger partial charge in [-0.05, 0) is 42.5 Å². The highest BCUT2D eigenvalue weighted by Gasteiger charge is 2.33. The Bertz CT molecular complexity index is 869. The molecule has 0 saturated carbocycles. The summed E-state index contributed by atoms with van der Waals surface area (Å²) in [5.41, 5.74) is 3.36. The number of phenolic OH excluding ortho intramolecular Hbond substituents is 2. The Morgan fingerprint density at radius 3 is 2.27 bits per heavy atom. The predicted octanol–water partition coefficient (Wildman–Crippen LogP) is 3.33. The minimum atomic E-state index is -0.110. The molecule has 0 aliphatic heterocycles. The first-order valence-electron chi connectivity index (χ1n) is 8.75. The highest BCUT2D eigenvalue weighted by molar-refractivity contribution is 6.03. The van der Waals surface area contributed by atoms with Gasteiger partial charge in [-0.2, -0.15) is 0 Å². The Balaban J connectivity index is 0.000000948. The van der Waals surface area contributed by atoms with Crippen LogP contribution in [0.25, 0.3) is 0 Å². The molecule has 26 heavy (non-hydrogen) atoms. The van der Waals surface area contributed by atoms with Crippen LogP contribution in [-0.4, -0.2) is 34.0 Å². The average molecular weight is 354 g/mol. The maximum atomic E-state index is 12.5. The summed E-state index contributed by atoms with van der Waals surface area (Å²) >= 11 is 0. The number of fused-ring (bicyclic) bond motifs is 2. The van der Waals surface area contributed by atoms with Gasteiger partial charge in [0.25, 0.3) is 0 Å². The van der Waals surface area contributed by atoms with Crippen LogP contribution in [0.5, 0.6) is 11.5 Å². The second-order valence-corrected chi connectivity index (χ2v) is 6.56. The zero-order valence-electron chi connectivity index (χ0n) is 14.7. The number of aliphatic hydroxyl groups excluding tert-OH is 1. The molecule has 2 aromatic rings. The van der Waals surface area contributed by atoms with Crippen LogP contribution in [0.15, 0.2) is 30.3 Å². The Kier molecular flexibility index (Phi) is 5.09. The quantitative estimate of drug-likeness (QED) is 0.730. The number of Topliss-reactive ketones (excluding diaryl/α,β-unsaturated/α-hetero) is 2. The first-order chi connectivity index (χ1) is 12.6. The molecule has 2 aliphatic carbocycles. The third-order valence-electron chi connectivity index (χ3n) is 5.19. The largest absolute Gasteiger partial charge is 0.508 e. The van der Waals surface area contributed by atoms with Gasteiger partial charge in [-0.3, -0.25) is 9.59 Å². The van der Waals surface area contributed by atoms with Crippen molar-refractivity contribution in [1.29, 1.82) is 0 Å². The van der Waals surface area contributed by atoms with Crippen molar-refractivity contribution >= 4 is 11.6 Å². The number of phenols is 2. The highest BCUT2D eigenvalue weighted by Crippen LogP contribution is 2.43. The Morgan fingerprint density at radius 2 is 1.50 bits per heavy atom. The topological polar surface area (TPSA) is 94.8 Å². The summed E-state index contributed by atoms with van der Waals surface area (Å²) in [4.78, 5) is 24.7. The van der Waals surface area contributed by atoms with E-state index in [1.165, 1.54) is 6.07 Å². The second kappa shape index (κ2) is 7.30. The lowest BCUT2D eigenvalue weighted by Gasteiger charge is -2.29. The molecule has 0 saturated heterocycles. The number of carbonyl (C=O) groups excluding carboxylic acids is 2. The van der Waals surface area contributed by atoms with Crippen LogP contribution in [0.1, 0.15) is 69.0 Å². The van der Waals surface area contributed by atoms with Gasteiger partial charge in [0.05, 0.1) is 5.56 Å². The van der Waals surface area contributed by atoms with Crippen molar-refractivity contribution < 1.29 is 24.9 Å². The minimum absolute atomic E-state index is 0.00109. The molecular weight excluding hydrogens is 332 g/mol. The monoisotopic (exact) mass is 354 g/mol. The zero-order chi connectivity index (χ0) is 18.8. The summed E-state index contributed by atoms with van der Waals surface area (Å²) in [5, 5.41) is 27.2. The number of aromatic hydroxyl groups is 2. The fourth-order valence-electron chi connectivity index (χ4n) is 4.11. The van der Waals surface area contributed by atoms with Gasteiger partial charge in [-0.25, -0.2) is 0 Å². The van der Waals surface area contributed by atoms with Crippen LogP contribution in [0.2, 0.25) is 0 Å². The van der Waals surface area contributed by atoms with E-state index < -0.39 is 0 Å². The van der Waals surface area contributed by atoms with Crippen molar-refractivity contribution in [2.24, 2.45) is 0 Å². The van der Waals surface area contributed by atoms with Crippen LogP contribution < -0.4 is 0 Å². The third kappa shape index (κ3) is 2.88. The number of benzene rings is 2. The molecule has 0 radical (unpaired) electrons. The van der Waals surface area contributed by atoms with Crippen LogP contribution in [0, 0.1) is 0 Å². The summed E-state index contributed by atoms with van der Waals surface area (Å²) < 4.78 is 0. The summed E-state index contributed by atoms with van der Waals surface area (Å²) in [5.74, 6) is 0.0614. The summed E-state index contributed by atoms with van der Waals surface area (Å²) in [6.45, 7) is 0. The van der Waals surface area contributed by atoms with Gasteiger partial charge in [-0.1, -0.05) is 18.2 Å². The predicted molar refractivity (Wildman–Crippen MR) is 97.0 cm³/mol. The van der Waals surface area contributed by atoms with E-state index in [-0.39, 0.29) is 29.0 Å². The van der Waals surface area contributed by atoms with Gasteiger partial charge in [0, 0.05) is 37.0 Å². The normalized spacial score (nSPS) is 18.5. The lowest BCUT2D eigenvalue weighted by molar-refractivity contribution is 0.0965. The fraction of sp³-hybridized carbons (Fsp3) is 0.333. The Labute approximate surface area is 151 Å². The molecule has 0 bridgehead atoms. The number of rotatable bonds is 1. The smallest absolute Gasteiger partial charge is 0.166 e. The first kappa shape index (κ1) is 18.1. The number of hydrogen-bond donors (Lipinski definition) is 3. The number of hydrogen-bond acceptors (Lipinski definition) is 5. The van der Waals surface area contributed by atoms with Crippen molar-refractivity contribution in [1.82, 2.24) is 0 Å². The molecular formula is C21H22O5. The van der Waals surface area contributed by atoms with Crippen LogP contribution in [-0.2, 0) is 6.42 Å². The number of carbonyl (C=O) groups is 2. The number of aliphatic hydroxyl groups is 1. The number of ketones is 2. The fourth-order valence-corrected chi connectivity index (χ4v) is 4.11. The van der Waals surface area contributed by atoms with Crippen molar-refractivity contribution in [2.75, 3.05) is 7.11 Å². The maximum absolute atomic E-state index is 12.5. The van der Waals surface area contributed by atoms with E-state index in [4.69, 9.17) is 5.11 Å². The second-order valence-electron chi connectivity index (χ2n) is 6.56. The standard InChI is InChI=1S/C20H18O4.CH4O/c21-15-9-8-13(19-14(15)4-2-5-16(19)22)11-7-10-18(24)20-12(11)3-1-6-17(20)23;1-2/h1,3,6,8-9,11,21,23H,2,4-5,7,10H2;2H,1H3. The van der Waals surface area contributed by atoms with Gasteiger partial charge in [0.1, 0.15) is 11.5 Å². The SMILES string of the molecule is CO.O=C1CCC(c2ccc(O)c3c2C(=O)CCC3)c2cccc(O)c21. The lowest BCUT2D eigenvalue weighted by atomic mass is 9.74. The molecule has 2 aromatic carbocycles. The molecule has 0 heterocycles.